The van der Waals surface area contributed by atoms with Crippen LogP contribution in [0.4, 0.5) is 11.8 Å². The number of likely N-dealkylation sites (N-methyl/N-ethyl adjacent to an activating group) is 1. The fourth-order valence-electron chi connectivity index (χ4n) is 1.98. The summed E-state index contributed by atoms with van der Waals surface area (Å²) >= 11 is 0. The molecule has 0 spiro atoms. The van der Waals surface area contributed by atoms with Gasteiger partial charge in [-0.15, -0.1) is 0 Å². The Bertz CT molecular complexity index is 376. The number of hydrogen-bond donors (Lipinski definition) is 2. The van der Waals surface area contributed by atoms with E-state index in [1.54, 1.807) is 0 Å². The van der Waals surface area contributed by atoms with Crippen LogP contribution in [0.3, 0.4) is 0 Å². The van der Waals surface area contributed by atoms with Gasteiger partial charge < -0.3 is 15.5 Å². The van der Waals surface area contributed by atoms with Crippen LogP contribution in [0, 0.1) is 6.92 Å². The van der Waals surface area contributed by atoms with E-state index in [0.29, 0.717) is 12.0 Å². The molecule has 0 bridgehead atoms. The second-order valence-electron chi connectivity index (χ2n) is 4.79. The fraction of sp³-hybridized carbons (Fsp3) is 0.714. The van der Waals surface area contributed by atoms with Crippen LogP contribution in [0.15, 0.2) is 6.20 Å². The molecule has 5 nitrogen and oxygen atoms in total. The molecule has 0 amide bonds. The number of hydrogen-bond acceptors (Lipinski definition) is 5. The molecule has 0 saturated carbocycles. The Kier molecular flexibility index (Phi) is 6.56. The summed E-state index contributed by atoms with van der Waals surface area (Å²) in [5.41, 5.74) is 1.08. The van der Waals surface area contributed by atoms with Gasteiger partial charge in [-0.2, -0.15) is 4.98 Å². The number of aromatic nitrogens is 2. The van der Waals surface area contributed by atoms with E-state index in [2.05, 4.69) is 46.3 Å². The van der Waals surface area contributed by atoms with Crippen LogP contribution in [-0.4, -0.2) is 47.1 Å². The molecule has 1 aromatic rings. The Morgan fingerprint density at radius 2 is 1.95 bits per heavy atom. The van der Waals surface area contributed by atoms with Crippen LogP contribution in [-0.2, 0) is 0 Å². The maximum absolute atomic E-state index is 4.51. The molecule has 1 rings (SSSR count). The van der Waals surface area contributed by atoms with Gasteiger partial charge in [0.25, 0.3) is 0 Å². The maximum Gasteiger partial charge on any atom is 0.224 e. The Hall–Kier alpha value is -1.36. The Labute approximate surface area is 116 Å². The predicted octanol–water partition coefficient (Wildman–Crippen LogP) is 2.36. The number of nitrogens with zero attached hydrogens (tertiary/aromatic N) is 3. The second-order valence-corrected chi connectivity index (χ2v) is 4.79. The molecule has 1 atom stereocenters. The molecule has 108 valence electrons. The molecule has 2 N–H and O–H groups in total. The molecule has 0 fully saturated rings. The molecule has 1 aromatic heterocycles. The van der Waals surface area contributed by atoms with Crippen molar-refractivity contribution in [2.45, 2.75) is 40.7 Å². The van der Waals surface area contributed by atoms with Crippen LogP contribution in [0.2, 0.25) is 0 Å². The minimum absolute atomic E-state index is 0.364. The molecule has 0 aliphatic carbocycles. The average Bonchev–Trinajstić information content (AvgIpc) is 2.40. The maximum atomic E-state index is 4.51. The minimum atomic E-state index is 0.364. The van der Waals surface area contributed by atoms with E-state index in [1.165, 1.54) is 0 Å². The van der Waals surface area contributed by atoms with Crippen LogP contribution in [0.25, 0.3) is 0 Å². The van der Waals surface area contributed by atoms with E-state index >= 15 is 0 Å². The zero-order valence-corrected chi connectivity index (χ0v) is 12.8. The van der Waals surface area contributed by atoms with E-state index < -0.39 is 0 Å². The minimum Gasteiger partial charge on any atom is -0.366 e. The molecule has 0 aliphatic heterocycles. The van der Waals surface area contributed by atoms with E-state index in [1.807, 2.05) is 20.0 Å². The summed E-state index contributed by atoms with van der Waals surface area (Å²) in [7, 11) is 0. The van der Waals surface area contributed by atoms with Crippen molar-refractivity contribution in [2.75, 3.05) is 36.8 Å². The van der Waals surface area contributed by atoms with Gasteiger partial charge in [0.1, 0.15) is 5.82 Å². The van der Waals surface area contributed by atoms with E-state index in [4.69, 9.17) is 0 Å². The largest absolute Gasteiger partial charge is 0.366 e. The number of nitrogens with one attached hydrogen (secondary N) is 2. The highest BCUT2D eigenvalue weighted by atomic mass is 15.2. The first-order valence-corrected chi connectivity index (χ1v) is 7.17. The Morgan fingerprint density at radius 3 is 2.53 bits per heavy atom. The topological polar surface area (TPSA) is 53.1 Å². The SMILES string of the molecule is CCNc1ncc(C)c(NC(C)CN(CC)CC)n1. The summed E-state index contributed by atoms with van der Waals surface area (Å²) in [6.07, 6.45) is 1.86. The Morgan fingerprint density at radius 1 is 1.26 bits per heavy atom. The molecule has 0 aliphatic rings. The molecule has 0 radical (unpaired) electrons. The van der Waals surface area contributed by atoms with E-state index in [0.717, 1.165) is 37.6 Å². The van der Waals surface area contributed by atoms with Crippen molar-refractivity contribution in [3.63, 3.8) is 0 Å². The summed E-state index contributed by atoms with van der Waals surface area (Å²) < 4.78 is 0. The van der Waals surface area contributed by atoms with Gasteiger partial charge in [-0.25, -0.2) is 4.98 Å². The van der Waals surface area contributed by atoms with Crippen LogP contribution in [0.1, 0.15) is 33.3 Å². The molecule has 1 heterocycles. The summed E-state index contributed by atoms with van der Waals surface area (Å²) in [6, 6.07) is 0.364. The third-order valence-electron chi connectivity index (χ3n) is 3.12. The van der Waals surface area contributed by atoms with Crippen molar-refractivity contribution >= 4 is 11.8 Å². The van der Waals surface area contributed by atoms with Crippen molar-refractivity contribution in [1.82, 2.24) is 14.9 Å². The third-order valence-corrected chi connectivity index (χ3v) is 3.12. The highest BCUT2D eigenvalue weighted by Gasteiger charge is 2.10. The number of aryl methyl sites for hydroxylation is 1. The fourth-order valence-corrected chi connectivity index (χ4v) is 1.98. The Balaban J connectivity index is 2.66. The molecule has 5 heteroatoms. The first-order chi connectivity index (χ1) is 9.10. The monoisotopic (exact) mass is 265 g/mol. The zero-order chi connectivity index (χ0) is 14.3. The van der Waals surface area contributed by atoms with Gasteiger partial charge in [0.05, 0.1) is 0 Å². The first kappa shape index (κ1) is 15.7. The lowest BCUT2D eigenvalue weighted by Gasteiger charge is -2.24. The highest BCUT2D eigenvalue weighted by Crippen LogP contribution is 2.13. The number of rotatable bonds is 8. The van der Waals surface area contributed by atoms with Gasteiger partial charge >= 0.3 is 0 Å². The molecular formula is C14H27N5. The van der Waals surface area contributed by atoms with Crippen LogP contribution >= 0.6 is 0 Å². The molecule has 19 heavy (non-hydrogen) atoms. The normalized spacial score (nSPS) is 12.5. The highest BCUT2D eigenvalue weighted by molar-refractivity contribution is 5.47. The molecule has 1 unspecified atom stereocenters. The van der Waals surface area contributed by atoms with Crippen LogP contribution in [0.5, 0.6) is 0 Å². The summed E-state index contributed by atoms with van der Waals surface area (Å²) in [5, 5.41) is 6.61. The zero-order valence-electron chi connectivity index (χ0n) is 12.8. The van der Waals surface area contributed by atoms with Crippen molar-refractivity contribution in [1.29, 1.82) is 0 Å². The summed E-state index contributed by atoms with van der Waals surface area (Å²) in [6.45, 7) is 14.6. The summed E-state index contributed by atoms with van der Waals surface area (Å²) in [4.78, 5) is 11.2. The molecule has 0 aromatic carbocycles. The van der Waals surface area contributed by atoms with Crippen molar-refractivity contribution in [3.8, 4) is 0 Å². The second kappa shape index (κ2) is 7.94. The van der Waals surface area contributed by atoms with Crippen LogP contribution < -0.4 is 10.6 Å². The van der Waals surface area contributed by atoms with Crippen molar-refractivity contribution < 1.29 is 0 Å². The van der Waals surface area contributed by atoms with Gasteiger partial charge in [0.15, 0.2) is 0 Å². The third kappa shape index (κ3) is 5.03. The lowest BCUT2D eigenvalue weighted by molar-refractivity contribution is 0.294. The first-order valence-electron chi connectivity index (χ1n) is 7.17. The van der Waals surface area contributed by atoms with Gasteiger partial charge in [-0.3, -0.25) is 0 Å². The quantitative estimate of drug-likeness (QED) is 0.755. The molecule has 0 saturated heterocycles. The van der Waals surface area contributed by atoms with E-state index in [-0.39, 0.29) is 0 Å². The van der Waals surface area contributed by atoms with Gasteiger partial charge in [-0.1, -0.05) is 13.8 Å². The standard InChI is InChI=1S/C14H27N5/c1-6-15-14-16-9-11(4)13(18-14)17-12(5)10-19(7-2)8-3/h9,12H,6-8,10H2,1-5H3,(H2,15,16,17,18). The predicted molar refractivity (Wildman–Crippen MR) is 81.8 cm³/mol. The average molecular weight is 265 g/mol. The lowest BCUT2D eigenvalue weighted by atomic mass is 10.2. The van der Waals surface area contributed by atoms with Gasteiger partial charge in [0, 0.05) is 30.9 Å². The van der Waals surface area contributed by atoms with Crippen molar-refractivity contribution in [2.24, 2.45) is 0 Å². The van der Waals surface area contributed by atoms with Crippen molar-refractivity contribution in [3.05, 3.63) is 11.8 Å². The number of anilines is 2. The molecular weight excluding hydrogens is 238 g/mol. The smallest absolute Gasteiger partial charge is 0.224 e. The van der Waals surface area contributed by atoms with E-state index in [9.17, 15) is 0 Å². The lowest BCUT2D eigenvalue weighted by Crippen LogP contribution is -2.35. The van der Waals surface area contributed by atoms with Gasteiger partial charge in [0.2, 0.25) is 5.95 Å². The summed E-state index contributed by atoms with van der Waals surface area (Å²) in [5.74, 6) is 1.61. The van der Waals surface area contributed by atoms with Gasteiger partial charge in [-0.05, 0) is 33.9 Å².